The van der Waals surface area contributed by atoms with Crippen LogP contribution in [0.25, 0.3) is 0 Å². The van der Waals surface area contributed by atoms with Gasteiger partial charge in [-0.25, -0.2) is 8.42 Å². The van der Waals surface area contributed by atoms with Crippen LogP contribution in [-0.4, -0.2) is 48.6 Å². The predicted octanol–water partition coefficient (Wildman–Crippen LogP) is 2.01. The normalized spacial score (nSPS) is 21.4. The smallest absolute Gasteiger partial charge is 0.151 e. The predicted molar refractivity (Wildman–Crippen MR) is 89.6 cm³/mol. The zero-order valence-corrected chi connectivity index (χ0v) is 14.6. The SMILES string of the molecule is CN(Cc1ccc(CCC(C)(C)O)cc1)[C@H]1CCS(=O)(=O)C1. The van der Waals surface area contributed by atoms with E-state index in [9.17, 15) is 13.5 Å². The van der Waals surface area contributed by atoms with Gasteiger partial charge in [-0.05, 0) is 51.3 Å². The number of benzene rings is 1. The second kappa shape index (κ2) is 6.69. The molecule has 1 fully saturated rings. The van der Waals surface area contributed by atoms with E-state index in [-0.39, 0.29) is 11.8 Å². The van der Waals surface area contributed by atoms with Gasteiger partial charge in [-0.3, -0.25) is 4.90 Å². The van der Waals surface area contributed by atoms with E-state index >= 15 is 0 Å². The van der Waals surface area contributed by atoms with Crippen molar-refractivity contribution in [2.45, 2.75) is 51.3 Å². The van der Waals surface area contributed by atoms with Crippen LogP contribution < -0.4 is 0 Å². The van der Waals surface area contributed by atoms with E-state index < -0.39 is 15.4 Å². The second-order valence-corrected chi connectivity index (χ2v) is 9.33. The van der Waals surface area contributed by atoms with E-state index in [1.54, 1.807) is 0 Å². The summed E-state index contributed by atoms with van der Waals surface area (Å²) in [5, 5.41) is 9.76. The van der Waals surface area contributed by atoms with Crippen molar-refractivity contribution in [3.63, 3.8) is 0 Å². The second-order valence-electron chi connectivity index (χ2n) is 7.10. The van der Waals surface area contributed by atoms with Gasteiger partial charge in [0.2, 0.25) is 0 Å². The average Bonchev–Trinajstić information content (AvgIpc) is 2.77. The first-order chi connectivity index (χ1) is 10.1. The van der Waals surface area contributed by atoms with E-state index in [0.29, 0.717) is 5.75 Å². The molecule has 1 aliphatic heterocycles. The summed E-state index contributed by atoms with van der Waals surface area (Å²) in [7, 11) is -0.832. The third kappa shape index (κ3) is 5.38. The van der Waals surface area contributed by atoms with Crippen LogP contribution >= 0.6 is 0 Å². The molecule has 0 unspecified atom stereocenters. The van der Waals surface area contributed by atoms with E-state index in [1.165, 1.54) is 11.1 Å². The Labute approximate surface area is 134 Å². The monoisotopic (exact) mass is 325 g/mol. The minimum absolute atomic E-state index is 0.139. The lowest BCUT2D eigenvalue weighted by atomic mass is 9.98. The lowest BCUT2D eigenvalue weighted by molar-refractivity contribution is 0.0714. The van der Waals surface area contributed by atoms with Crippen LogP contribution in [0.1, 0.15) is 37.8 Å². The first-order valence-corrected chi connectivity index (χ1v) is 9.68. The van der Waals surface area contributed by atoms with Gasteiger partial charge in [0, 0.05) is 12.6 Å². The largest absolute Gasteiger partial charge is 0.390 e. The molecule has 0 aliphatic carbocycles. The highest BCUT2D eigenvalue weighted by Gasteiger charge is 2.30. The van der Waals surface area contributed by atoms with Gasteiger partial charge in [-0.15, -0.1) is 0 Å². The highest BCUT2D eigenvalue weighted by molar-refractivity contribution is 7.91. The molecule has 2 rings (SSSR count). The molecule has 0 aromatic heterocycles. The zero-order valence-electron chi connectivity index (χ0n) is 13.7. The Morgan fingerprint density at radius 2 is 1.82 bits per heavy atom. The van der Waals surface area contributed by atoms with Crippen LogP contribution in [0.3, 0.4) is 0 Å². The van der Waals surface area contributed by atoms with E-state index in [1.807, 2.05) is 20.9 Å². The molecule has 1 aliphatic rings. The fourth-order valence-electron chi connectivity index (χ4n) is 2.80. The molecular weight excluding hydrogens is 298 g/mol. The highest BCUT2D eigenvalue weighted by Crippen LogP contribution is 2.19. The molecule has 22 heavy (non-hydrogen) atoms. The molecule has 0 radical (unpaired) electrons. The van der Waals surface area contributed by atoms with Crippen molar-refractivity contribution >= 4 is 9.84 Å². The molecule has 0 bridgehead atoms. The number of hydrogen-bond acceptors (Lipinski definition) is 4. The third-order valence-electron chi connectivity index (χ3n) is 4.31. The lowest BCUT2D eigenvalue weighted by Gasteiger charge is -2.23. The summed E-state index contributed by atoms with van der Waals surface area (Å²) in [6.07, 6.45) is 2.34. The van der Waals surface area contributed by atoms with E-state index in [2.05, 4.69) is 29.2 Å². The summed E-state index contributed by atoms with van der Waals surface area (Å²) in [4.78, 5) is 2.14. The number of aryl methyl sites for hydroxylation is 1. The lowest BCUT2D eigenvalue weighted by Crippen LogP contribution is -2.32. The minimum Gasteiger partial charge on any atom is -0.390 e. The quantitative estimate of drug-likeness (QED) is 0.869. The molecule has 4 nitrogen and oxygen atoms in total. The van der Waals surface area contributed by atoms with Gasteiger partial charge in [0.15, 0.2) is 9.84 Å². The molecule has 1 heterocycles. The molecule has 0 spiro atoms. The Bertz CT molecular complexity index is 587. The highest BCUT2D eigenvalue weighted by atomic mass is 32.2. The van der Waals surface area contributed by atoms with Crippen LogP contribution in [0.2, 0.25) is 0 Å². The molecule has 1 saturated heterocycles. The van der Waals surface area contributed by atoms with Gasteiger partial charge >= 0.3 is 0 Å². The fourth-order valence-corrected chi connectivity index (χ4v) is 4.61. The van der Waals surface area contributed by atoms with Crippen molar-refractivity contribution in [3.8, 4) is 0 Å². The van der Waals surface area contributed by atoms with Crippen molar-refractivity contribution in [2.75, 3.05) is 18.6 Å². The fraction of sp³-hybridized carbons (Fsp3) is 0.647. The number of hydrogen-bond donors (Lipinski definition) is 1. The molecule has 5 heteroatoms. The maximum Gasteiger partial charge on any atom is 0.151 e. The molecular formula is C17H27NO3S. The number of sulfone groups is 1. The Morgan fingerprint density at radius 3 is 2.32 bits per heavy atom. The summed E-state index contributed by atoms with van der Waals surface area (Å²) < 4.78 is 23.1. The number of nitrogens with zero attached hydrogens (tertiary/aromatic N) is 1. The molecule has 1 aromatic carbocycles. The topological polar surface area (TPSA) is 57.6 Å². The molecule has 1 aromatic rings. The average molecular weight is 325 g/mol. The Hall–Kier alpha value is -0.910. The number of rotatable bonds is 6. The van der Waals surface area contributed by atoms with Crippen LogP contribution in [0.5, 0.6) is 0 Å². The van der Waals surface area contributed by atoms with Gasteiger partial charge in [-0.2, -0.15) is 0 Å². The first kappa shape index (κ1) is 17.4. The zero-order chi connectivity index (χ0) is 16.4. The molecule has 0 saturated carbocycles. The standard InChI is InChI=1S/C17H27NO3S/c1-17(2,19)10-8-14-4-6-15(7-5-14)12-18(3)16-9-11-22(20,21)13-16/h4-7,16,19H,8-13H2,1-3H3/t16-/m0/s1. The Morgan fingerprint density at radius 1 is 1.23 bits per heavy atom. The van der Waals surface area contributed by atoms with Crippen LogP contribution in [0.15, 0.2) is 24.3 Å². The third-order valence-corrected chi connectivity index (χ3v) is 6.06. The van der Waals surface area contributed by atoms with Gasteiger partial charge < -0.3 is 5.11 Å². The summed E-state index contributed by atoms with van der Waals surface area (Å²) in [5.74, 6) is 0.602. The van der Waals surface area contributed by atoms with E-state index in [4.69, 9.17) is 0 Å². The Balaban J connectivity index is 1.88. The molecule has 124 valence electrons. The van der Waals surface area contributed by atoms with Crippen molar-refractivity contribution < 1.29 is 13.5 Å². The molecule has 1 atom stereocenters. The number of aliphatic hydroxyl groups is 1. The minimum atomic E-state index is -2.83. The van der Waals surface area contributed by atoms with E-state index in [0.717, 1.165) is 25.8 Å². The van der Waals surface area contributed by atoms with Gasteiger partial charge in [0.05, 0.1) is 17.1 Å². The van der Waals surface area contributed by atoms with Gasteiger partial charge in [0.1, 0.15) is 0 Å². The molecule has 0 amide bonds. The summed E-state index contributed by atoms with van der Waals surface area (Å²) >= 11 is 0. The molecule has 1 N–H and O–H groups in total. The van der Waals surface area contributed by atoms with Gasteiger partial charge in [-0.1, -0.05) is 24.3 Å². The van der Waals surface area contributed by atoms with Crippen LogP contribution in [-0.2, 0) is 22.8 Å². The summed E-state index contributed by atoms with van der Waals surface area (Å²) in [6.45, 7) is 4.42. The Kier molecular flexibility index (Phi) is 5.30. The van der Waals surface area contributed by atoms with Crippen molar-refractivity contribution in [1.29, 1.82) is 0 Å². The summed E-state index contributed by atoms with van der Waals surface area (Å²) in [5.41, 5.74) is 1.78. The summed E-state index contributed by atoms with van der Waals surface area (Å²) in [6, 6.07) is 8.53. The van der Waals surface area contributed by atoms with Crippen molar-refractivity contribution in [3.05, 3.63) is 35.4 Å². The maximum atomic E-state index is 11.5. The maximum absolute atomic E-state index is 11.5. The van der Waals surface area contributed by atoms with Gasteiger partial charge in [0.25, 0.3) is 0 Å². The van der Waals surface area contributed by atoms with Crippen LogP contribution in [0, 0.1) is 0 Å². The first-order valence-electron chi connectivity index (χ1n) is 7.85. The van der Waals surface area contributed by atoms with Crippen molar-refractivity contribution in [2.24, 2.45) is 0 Å². The van der Waals surface area contributed by atoms with Crippen molar-refractivity contribution in [1.82, 2.24) is 4.90 Å². The van der Waals surface area contributed by atoms with Crippen LogP contribution in [0.4, 0.5) is 0 Å².